The molecule has 0 N–H and O–H groups in total. The van der Waals surface area contributed by atoms with Crippen molar-refractivity contribution in [2.24, 2.45) is 5.41 Å². The molecule has 0 aromatic heterocycles. The van der Waals surface area contributed by atoms with Gasteiger partial charge in [-0.25, -0.2) is 0 Å². The number of hydrogen-bond donors (Lipinski definition) is 0. The van der Waals surface area contributed by atoms with E-state index < -0.39 is 0 Å². The minimum atomic E-state index is 0.669. The van der Waals surface area contributed by atoms with Gasteiger partial charge in [-0.3, -0.25) is 0 Å². The van der Waals surface area contributed by atoms with Gasteiger partial charge >= 0.3 is 0 Å². The van der Waals surface area contributed by atoms with Crippen molar-refractivity contribution in [1.29, 1.82) is 0 Å². The number of hydrogen-bond acceptors (Lipinski definition) is 2. The standard InChI is InChI=1S/C19H40N2/c1-5-7-9-12-19(13-10-8-6-2)14-17-21(18-19)16-11-15-20(3)4/h5-18H2,1-4H3. The van der Waals surface area contributed by atoms with Crippen LogP contribution in [0.5, 0.6) is 0 Å². The number of nitrogens with zero attached hydrogens (tertiary/aromatic N) is 2. The SMILES string of the molecule is CCCCCC1(CCCCC)CCN(CCCN(C)C)C1. The lowest BCUT2D eigenvalue weighted by Gasteiger charge is -2.30. The van der Waals surface area contributed by atoms with Gasteiger partial charge in [-0.1, -0.05) is 52.4 Å². The lowest BCUT2D eigenvalue weighted by molar-refractivity contribution is 0.208. The Hall–Kier alpha value is -0.0800. The van der Waals surface area contributed by atoms with E-state index in [4.69, 9.17) is 0 Å². The second kappa shape index (κ2) is 10.6. The molecule has 126 valence electrons. The zero-order valence-electron chi connectivity index (χ0n) is 15.3. The Morgan fingerprint density at radius 3 is 2.05 bits per heavy atom. The van der Waals surface area contributed by atoms with E-state index in [1.807, 2.05) is 0 Å². The summed E-state index contributed by atoms with van der Waals surface area (Å²) in [6, 6.07) is 0. The molecule has 1 fully saturated rings. The van der Waals surface area contributed by atoms with E-state index in [-0.39, 0.29) is 0 Å². The first-order chi connectivity index (χ1) is 10.1. The molecule has 0 amide bonds. The number of unbranched alkanes of at least 4 members (excludes halogenated alkanes) is 4. The second-order valence-electron chi connectivity index (χ2n) is 7.60. The average molecular weight is 297 g/mol. The minimum absolute atomic E-state index is 0.669. The largest absolute Gasteiger partial charge is 0.309 e. The summed E-state index contributed by atoms with van der Waals surface area (Å²) in [7, 11) is 4.37. The molecule has 0 unspecified atom stereocenters. The van der Waals surface area contributed by atoms with E-state index in [9.17, 15) is 0 Å². The Balaban J connectivity index is 2.38. The monoisotopic (exact) mass is 296 g/mol. The second-order valence-corrected chi connectivity index (χ2v) is 7.60. The highest BCUT2D eigenvalue weighted by molar-refractivity contribution is 4.89. The van der Waals surface area contributed by atoms with E-state index >= 15 is 0 Å². The number of likely N-dealkylation sites (tertiary alicyclic amines) is 1. The predicted octanol–water partition coefficient (Wildman–Crippen LogP) is 4.79. The van der Waals surface area contributed by atoms with E-state index in [0.717, 1.165) is 0 Å². The van der Waals surface area contributed by atoms with Crippen LogP contribution >= 0.6 is 0 Å². The van der Waals surface area contributed by atoms with Crippen LogP contribution in [-0.2, 0) is 0 Å². The molecule has 21 heavy (non-hydrogen) atoms. The summed E-state index contributed by atoms with van der Waals surface area (Å²) in [5.74, 6) is 0. The quantitative estimate of drug-likeness (QED) is 0.478. The molecule has 0 atom stereocenters. The Morgan fingerprint density at radius 1 is 0.905 bits per heavy atom. The van der Waals surface area contributed by atoms with Gasteiger partial charge in [-0.15, -0.1) is 0 Å². The average Bonchev–Trinajstić information content (AvgIpc) is 2.83. The molecule has 1 heterocycles. The van der Waals surface area contributed by atoms with Crippen molar-refractivity contribution < 1.29 is 0 Å². The fourth-order valence-corrected chi connectivity index (χ4v) is 3.86. The molecule has 1 saturated heterocycles. The lowest BCUT2D eigenvalue weighted by Crippen LogP contribution is -2.29. The molecular weight excluding hydrogens is 256 g/mol. The summed E-state index contributed by atoms with van der Waals surface area (Å²) in [6.07, 6.45) is 14.2. The molecular formula is C19H40N2. The first-order valence-corrected chi connectivity index (χ1v) is 9.49. The van der Waals surface area contributed by atoms with E-state index in [2.05, 4.69) is 37.7 Å². The van der Waals surface area contributed by atoms with Crippen molar-refractivity contribution in [3.8, 4) is 0 Å². The van der Waals surface area contributed by atoms with Crippen LogP contribution in [0, 0.1) is 5.41 Å². The lowest BCUT2D eigenvalue weighted by atomic mass is 9.77. The Bertz CT molecular complexity index is 240. The van der Waals surface area contributed by atoms with Gasteiger partial charge in [0.15, 0.2) is 0 Å². The zero-order chi connectivity index (χ0) is 15.6. The van der Waals surface area contributed by atoms with Crippen LogP contribution in [0.15, 0.2) is 0 Å². The Kier molecular flexibility index (Phi) is 9.59. The van der Waals surface area contributed by atoms with Gasteiger partial charge in [0, 0.05) is 6.54 Å². The van der Waals surface area contributed by atoms with Crippen LogP contribution in [0.3, 0.4) is 0 Å². The van der Waals surface area contributed by atoms with Crippen molar-refractivity contribution in [3.05, 3.63) is 0 Å². The number of rotatable bonds is 12. The fraction of sp³-hybridized carbons (Fsp3) is 1.00. The molecule has 0 radical (unpaired) electrons. The summed E-state index contributed by atoms with van der Waals surface area (Å²) in [5, 5.41) is 0. The molecule has 0 aromatic rings. The summed E-state index contributed by atoms with van der Waals surface area (Å²) < 4.78 is 0. The van der Waals surface area contributed by atoms with E-state index in [0.29, 0.717) is 5.41 Å². The highest BCUT2D eigenvalue weighted by atomic mass is 15.2. The van der Waals surface area contributed by atoms with Gasteiger partial charge in [0.2, 0.25) is 0 Å². The van der Waals surface area contributed by atoms with Crippen molar-refractivity contribution in [2.75, 3.05) is 40.3 Å². The fourth-order valence-electron chi connectivity index (χ4n) is 3.86. The maximum absolute atomic E-state index is 2.75. The molecule has 0 bridgehead atoms. The minimum Gasteiger partial charge on any atom is -0.309 e. The smallest absolute Gasteiger partial charge is 0.00385 e. The van der Waals surface area contributed by atoms with Gasteiger partial charge in [0.1, 0.15) is 0 Å². The maximum atomic E-state index is 2.75. The van der Waals surface area contributed by atoms with Crippen molar-refractivity contribution in [1.82, 2.24) is 9.80 Å². The molecule has 2 heteroatoms. The Morgan fingerprint density at radius 2 is 1.52 bits per heavy atom. The van der Waals surface area contributed by atoms with Crippen molar-refractivity contribution in [3.63, 3.8) is 0 Å². The zero-order valence-corrected chi connectivity index (χ0v) is 15.3. The third-order valence-corrected chi connectivity index (χ3v) is 5.22. The van der Waals surface area contributed by atoms with Gasteiger partial charge < -0.3 is 9.80 Å². The first-order valence-electron chi connectivity index (χ1n) is 9.49. The molecule has 0 aromatic carbocycles. The highest BCUT2D eigenvalue weighted by Gasteiger charge is 2.36. The summed E-state index contributed by atoms with van der Waals surface area (Å²) in [5.41, 5.74) is 0.669. The molecule has 0 spiro atoms. The van der Waals surface area contributed by atoms with Crippen LogP contribution in [0.25, 0.3) is 0 Å². The topological polar surface area (TPSA) is 6.48 Å². The van der Waals surface area contributed by atoms with E-state index in [1.165, 1.54) is 90.4 Å². The van der Waals surface area contributed by atoms with Gasteiger partial charge in [-0.2, -0.15) is 0 Å². The predicted molar refractivity (Wildman–Crippen MR) is 94.9 cm³/mol. The molecule has 1 rings (SSSR count). The highest BCUT2D eigenvalue weighted by Crippen LogP contribution is 2.40. The molecule has 0 aliphatic carbocycles. The Labute approximate surface area is 134 Å². The molecule has 0 saturated carbocycles. The van der Waals surface area contributed by atoms with Crippen molar-refractivity contribution >= 4 is 0 Å². The molecule has 2 nitrogen and oxygen atoms in total. The molecule has 1 aliphatic rings. The van der Waals surface area contributed by atoms with E-state index in [1.54, 1.807) is 0 Å². The van der Waals surface area contributed by atoms with Gasteiger partial charge in [0.05, 0.1) is 0 Å². The third-order valence-electron chi connectivity index (χ3n) is 5.22. The maximum Gasteiger partial charge on any atom is 0.00385 e. The van der Waals surface area contributed by atoms with Crippen LogP contribution in [0.4, 0.5) is 0 Å². The summed E-state index contributed by atoms with van der Waals surface area (Å²) in [6.45, 7) is 9.92. The first kappa shape index (κ1) is 19.0. The van der Waals surface area contributed by atoms with Crippen LogP contribution in [-0.4, -0.2) is 50.1 Å². The summed E-state index contributed by atoms with van der Waals surface area (Å²) >= 11 is 0. The van der Waals surface area contributed by atoms with Crippen LogP contribution < -0.4 is 0 Å². The normalized spacial score (nSPS) is 18.7. The summed E-state index contributed by atoms with van der Waals surface area (Å²) in [4.78, 5) is 5.06. The van der Waals surface area contributed by atoms with Crippen molar-refractivity contribution in [2.45, 2.75) is 78.1 Å². The third kappa shape index (κ3) is 7.65. The van der Waals surface area contributed by atoms with Crippen LogP contribution in [0.1, 0.15) is 78.1 Å². The van der Waals surface area contributed by atoms with Gasteiger partial charge in [-0.05, 0) is 64.8 Å². The molecule has 1 aliphatic heterocycles. The van der Waals surface area contributed by atoms with Crippen LogP contribution in [0.2, 0.25) is 0 Å². The van der Waals surface area contributed by atoms with Gasteiger partial charge in [0.25, 0.3) is 0 Å².